The van der Waals surface area contributed by atoms with Crippen molar-refractivity contribution in [3.05, 3.63) is 95.6 Å². The van der Waals surface area contributed by atoms with Crippen molar-refractivity contribution in [3.8, 4) is 5.75 Å². The summed E-state index contributed by atoms with van der Waals surface area (Å²) in [6, 6.07) is 12.7. The first-order valence-corrected chi connectivity index (χ1v) is 24.8. The largest absolute Gasteiger partial charge is 0.505 e. The van der Waals surface area contributed by atoms with Crippen LogP contribution in [0.5, 0.6) is 5.75 Å². The number of azo groups is 2. The van der Waals surface area contributed by atoms with Gasteiger partial charge in [0.05, 0.1) is 26.6 Å². The molecule has 1 heterocycles. The fraction of sp³-hybridized carbons (Fsp3) is 0.0294. The van der Waals surface area contributed by atoms with Crippen LogP contribution in [-0.4, -0.2) is 80.4 Å². The van der Waals surface area contributed by atoms with Crippen molar-refractivity contribution in [3.63, 3.8) is 0 Å². The zero-order chi connectivity index (χ0) is 48.0. The van der Waals surface area contributed by atoms with Gasteiger partial charge in [-0.15, -0.1) is 15.3 Å². The average molecular weight is 1010 g/mol. The van der Waals surface area contributed by atoms with Crippen LogP contribution in [0, 0.1) is 6.92 Å². The Balaban J connectivity index is 1.46. The van der Waals surface area contributed by atoms with Gasteiger partial charge in [-0.25, -0.2) is 8.42 Å². The van der Waals surface area contributed by atoms with Crippen molar-refractivity contribution in [2.45, 2.75) is 31.4 Å². The Morgan fingerprint density at radius 1 is 0.646 bits per heavy atom. The number of hydrogen-bond acceptors (Lipinski definition) is 21. The summed E-state index contributed by atoms with van der Waals surface area (Å²) in [7, 11) is -24.5. The molecule has 0 aliphatic heterocycles. The van der Waals surface area contributed by atoms with Gasteiger partial charge in [-0.3, -0.25) is 18.2 Å². The molecule has 9 N–H and O–H groups in total. The predicted octanol–water partition coefficient (Wildman–Crippen LogP) is 6.50. The Kier molecular flexibility index (Phi) is 12.8. The number of nitrogens with one attached hydrogen (secondary N) is 2. The standard InChI is InChI=1S/C34H27ClN10O15S5/c1-3-61(47,48)21-6-4-5-18(13-21)37-33-39-32(35)40-34(41-33)38-19-9-10-23(62(49,50)51)22(14-19)43-45-30-26(65(58,59)60)12-17-11-25(64(55,56)57)29(28(36)27(17)31(30)46)44-42-20-8-7-16(2)24(15-20)63(52,53)54/h3-15,46H,1,36H2,2H3,(H,49,50,51)(H,52,53,54)(H,55,56,57)(H,58,59,60)(H2,37,38,39,40,41). The fourth-order valence-electron chi connectivity index (χ4n) is 5.70. The molecule has 0 radical (unpaired) electrons. The highest BCUT2D eigenvalue weighted by atomic mass is 35.5. The third-order valence-corrected chi connectivity index (χ3v) is 13.7. The molecule has 25 nitrogen and oxygen atoms in total. The molecular weight excluding hydrogens is 984 g/mol. The second-order valence-corrected chi connectivity index (χ2v) is 20.8. The zero-order valence-electron chi connectivity index (χ0n) is 32.2. The minimum atomic E-state index is -5.45. The normalized spacial score (nSPS) is 12.8. The summed E-state index contributed by atoms with van der Waals surface area (Å²) in [5, 5.41) is 30.8. The maximum absolute atomic E-state index is 12.6. The number of benzene rings is 5. The first kappa shape index (κ1) is 47.9. The summed E-state index contributed by atoms with van der Waals surface area (Å²) < 4.78 is 163. The monoisotopic (exact) mass is 1010 g/mol. The molecule has 340 valence electrons. The lowest BCUT2D eigenvalue weighted by Crippen LogP contribution is -2.05. The summed E-state index contributed by atoms with van der Waals surface area (Å²) in [4.78, 5) is 7.93. The van der Waals surface area contributed by atoms with Crippen LogP contribution < -0.4 is 16.4 Å². The summed E-state index contributed by atoms with van der Waals surface area (Å²) in [5.41, 5.74) is 2.47. The Morgan fingerprint density at radius 3 is 1.77 bits per heavy atom. The number of anilines is 5. The molecule has 31 heteroatoms. The van der Waals surface area contributed by atoms with Crippen LogP contribution in [-0.2, 0) is 50.3 Å². The van der Waals surface area contributed by atoms with Gasteiger partial charge < -0.3 is 21.5 Å². The molecule has 0 amide bonds. The number of sulfone groups is 1. The van der Waals surface area contributed by atoms with Crippen LogP contribution in [0.4, 0.5) is 51.7 Å². The number of phenolic OH excluding ortho intramolecular Hbond substituents is 1. The van der Waals surface area contributed by atoms with E-state index in [-0.39, 0.29) is 39.4 Å². The van der Waals surface area contributed by atoms with E-state index in [1.165, 1.54) is 43.3 Å². The predicted molar refractivity (Wildman–Crippen MR) is 230 cm³/mol. The van der Waals surface area contributed by atoms with Crippen LogP contribution >= 0.6 is 11.6 Å². The second-order valence-electron chi connectivity index (χ2n) is 13.0. The maximum atomic E-state index is 12.6. The molecule has 0 spiro atoms. The second kappa shape index (κ2) is 17.4. The van der Waals surface area contributed by atoms with E-state index in [1.54, 1.807) is 0 Å². The van der Waals surface area contributed by atoms with Crippen LogP contribution in [0.1, 0.15) is 5.56 Å². The van der Waals surface area contributed by atoms with E-state index < -0.39 is 114 Å². The first-order valence-electron chi connectivity index (χ1n) is 17.1. The number of fused-ring (bicyclic) bond motifs is 1. The smallest absolute Gasteiger partial charge is 0.296 e. The van der Waals surface area contributed by atoms with E-state index in [0.29, 0.717) is 12.1 Å². The van der Waals surface area contributed by atoms with E-state index in [0.717, 1.165) is 29.7 Å². The van der Waals surface area contributed by atoms with E-state index in [1.807, 2.05) is 0 Å². The van der Waals surface area contributed by atoms with E-state index in [9.17, 15) is 65.4 Å². The first-order chi connectivity index (χ1) is 30.1. The van der Waals surface area contributed by atoms with Crippen LogP contribution in [0.25, 0.3) is 10.8 Å². The van der Waals surface area contributed by atoms with Crippen LogP contribution in [0.15, 0.2) is 130 Å². The number of phenols is 1. The summed E-state index contributed by atoms with van der Waals surface area (Å²) in [5.74, 6) is -1.78. The molecule has 5 aromatic carbocycles. The summed E-state index contributed by atoms with van der Waals surface area (Å²) in [6.45, 7) is 4.62. The third kappa shape index (κ3) is 10.7. The lowest BCUT2D eigenvalue weighted by Gasteiger charge is -2.14. The molecule has 0 atom stereocenters. The topological polar surface area (TPSA) is 410 Å². The van der Waals surface area contributed by atoms with Gasteiger partial charge in [-0.05, 0) is 90.1 Å². The highest BCUT2D eigenvalue weighted by Gasteiger charge is 2.29. The van der Waals surface area contributed by atoms with Crippen LogP contribution in [0.3, 0.4) is 0 Å². The number of aromatic nitrogens is 3. The lowest BCUT2D eigenvalue weighted by atomic mass is 10.1. The number of aryl methyl sites for hydroxylation is 1. The number of nitrogen functional groups attached to an aromatic ring is 1. The van der Waals surface area contributed by atoms with E-state index in [4.69, 9.17) is 17.3 Å². The van der Waals surface area contributed by atoms with E-state index in [2.05, 4.69) is 52.6 Å². The minimum Gasteiger partial charge on any atom is -0.505 e. The average Bonchev–Trinajstić information content (AvgIpc) is 3.18. The fourth-order valence-corrected chi connectivity index (χ4v) is 9.29. The lowest BCUT2D eigenvalue weighted by molar-refractivity contribution is 0.472. The van der Waals surface area contributed by atoms with Gasteiger partial charge >= 0.3 is 0 Å². The molecule has 6 rings (SSSR count). The Morgan fingerprint density at radius 2 is 1.20 bits per heavy atom. The Bertz CT molecular complexity index is 3650. The molecule has 65 heavy (non-hydrogen) atoms. The molecule has 6 aromatic rings. The SMILES string of the molecule is C=CS(=O)(=O)c1cccc(Nc2nc(Cl)nc(Nc3ccc(S(=O)(=O)O)c(N=Nc4c(S(=O)(=O)O)cc5cc(S(=O)(=O)O)c(N=Nc6ccc(C)c(S(=O)(=O)O)c6)c(N)c5c4O)c3)n2)c1. The van der Waals surface area contributed by atoms with Gasteiger partial charge in [0.15, 0.2) is 15.6 Å². The van der Waals surface area contributed by atoms with Crippen molar-refractivity contribution in [1.29, 1.82) is 0 Å². The number of nitrogens with two attached hydrogens (primary N) is 1. The van der Waals surface area contributed by atoms with Crippen molar-refractivity contribution < 1.29 is 65.4 Å². The Labute approximate surface area is 372 Å². The molecule has 0 aliphatic rings. The van der Waals surface area contributed by atoms with Gasteiger partial charge in [-0.1, -0.05) is 18.7 Å². The summed E-state index contributed by atoms with van der Waals surface area (Å²) in [6.07, 6.45) is 0. The highest BCUT2D eigenvalue weighted by molar-refractivity contribution is 7.94. The van der Waals surface area contributed by atoms with Crippen molar-refractivity contribution >= 4 is 124 Å². The molecule has 0 unspecified atom stereocenters. The Hall–Kier alpha value is -6.61. The number of nitrogens with zero attached hydrogens (tertiary/aromatic N) is 7. The molecular formula is C34H27ClN10O15S5. The van der Waals surface area contributed by atoms with Gasteiger partial charge in [0.1, 0.15) is 31.7 Å². The minimum absolute atomic E-state index is 0.0870. The zero-order valence-corrected chi connectivity index (χ0v) is 37.0. The van der Waals surface area contributed by atoms with Crippen molar-refractivity contribution in [2.24, 2.45) is 20.5 Å². The molecule has 0 saturated carbocycles. The summed E-state index contributed by atoms with van der Waals surface area (Å²) >= 11 is 6.09. The van der Waals surface area contributed by atoms with Gasteiger partial charge in [0.25, 0.3) is 40.5 Å². The van der Waals surface area contributed by atoms with E-state index >= 15 is 0 Å². The number of hydrogen-bond donors (Lipinski definition) is 8. The number of rotatable bonds is 14. The molecule has 0 aliphatic carbocycles. The van der Waals surface area contributed by atoms with Crippen molar-refractivity contribution in [1.82, 2.24) is 15.0 Å². The quantitative estimate of drug-likeness (QED) is 0.0328. The van der Waals surface area contributed by atoms with Gasteiger partial charge in [-0.2, -0.15) is 53.7 Å². The van der Waals surface area contributed by atoms with Gasteiger partial charge in [0.2, 0.25) is 17.2 Å². The third-order valence-electron chi connectivity index (χ3n) is 8.58. The van der Waals surface area contributed by atoms with Crippen LogP contribution in [0.2, 0.25) is 5.28 Å². The number of aromatic hydroxyl groups is 1. The van der Waals surface area contributed by atoms with Gasteiger partial charge in [0, 0.05) is 16.8 Å². The van der Waals surface area contributed by atoms with Crippen molar-refractivity contribution in [2.75, 3.05) is 16.4 Å². The molecule has 0 bridgehead atoms. The number of halogens is 1. The molecule has 0 fully saturated rings. The molecule has 0 saturated heterocycles. The molecule has 1 aromatic heterocycles. The maximum Gasteiger partial charge on any atom is 0.296 e. The highest BCUT2D eigenvalue weighted by Crippen LogP contribution is 2.48.